The lowest BCUT2D eigenvalue weighted by Gasteiger charge is -2.47. The molecular formula is C27H32N2O5. The quantitative estimate of drug-likeness (QED) is 0.632. The molecule has 1 atom stereocenters. The monoisotopic (exact) mass is 464 g/mol. The highest BCUT2D eigenvalue weighted by Gasteiger charge is 2.56. The van der Waals surface area contributed by atoms with Crippen molar-refractivity contribution in [3.05, 3.63) is 65.7 Å². The molecule has 0 radical (unpaired) electrons. The Morgan fingerprint density at radius 1 is 1.15 bits per heavy atom. The van der Waals surface area contributed by atoms with Crippen LogP contribution in [0.15, 0.2) is 54.6 Å². The van der Waals surface area contributed by atoms with E-state index in [0.29, 0.717) is 12.3 Å². The molecular weight excluding hydrogens is 432 g/mol. The van der Waals surface area contributed by atoms with Gasteiger partial charge in [-0.05, 0) is 36.1 Å². The van der Waals surface area contributed by atoms with Crippen LogP contribution < -0.4 is 4.74 Å². The Morgan fingerprint density at radius 2 is 1.88 bits per heavy atom. The number of carbonyl (C=O) groups excluding carboxylic acids is 2. The maximum atomic E-state index is 13.0. The molecule has 7 nitrogen and oxygen atoms in total. The van der Waals surface area contributed by atoms with Crippen LogP contribution in [0.3, 0.4) is 0 Å². The number of nitrogens with zero attached hydrogens (tertiary/aromatic N) is 2. The fraction of sp³-hybridized carbons (Fsp3) is 0.407. The minimum atomic E-state index is -0.509. The van der Waals surface area contributed by atoms with Crippen LogP contribution in [-0.4, -0.2) is 66.2 Å². The number of phenols is 1. The highest BCUT2D eigenvalue weighted by molar-refractivity contribution is 5.89. The van der Waals surface area contributed by atoms with Crippen LogP contribution in [0.25, 0.3) is 6.08 Å². The van der Waals surface area contributed by atoms with Gasteiger partial charge in [0.25, 0.3) is 0 Å². The molecule has 7 heteroatoms. The average molecular weight is 465 g/mol. The molecule has 0 saturated carbocycles. The summed E-state index contributed by atoms with van der Waals surface area (Å²) in [5.74, 6) is -0.143. The second kappa shape index (κ2) is 10.3. The van der Waals surface area contributed by atoms with Crippen molar-refractivity contribution in [1.29, 1.82) is 0 Å². The summed E-state index contributed by atoms with van der Waals surface area (Å²) in [5.41, 5.74) is 1.50. The second-order valence-electron chi connectivity index (χ2n) is 8.98. The van der Waals surface area contributed by atoms with Crippen molar-refractivity contribution in [3.63, 3.8) is 0 Å². The van der Waals surface area contributed by atoms with E-state index in [1.165, 1.54) is 14.2 Å². The van der Waals surface area contributed by atoms with Crippen LogP contribution in [0.5, 0.6) is 11.5 Å². The Morgan fingerprint density at radius 3 is 2.56 bits per heavy atom. The van der Waals surface area contributed by atoms with Gasteiger partial charge in [-0.3, -0.25) is 14.5 Å². The van der Waals surface area contributed by atoms with Crippen LogP contribution >= 0.6 is 0 Å². The lowest BCUT2D eigenvalue weighted by Crippen LogP contribution is -2.57. The van der Waals surface area contributed by atoms with Gasteiger partial charge in [0.15, 0.2) is 11.5 Å². The predicted molar refractivity (Wildman–Crippen MR) is 129 cm³/mol. The molecule has 0 aromatic heterocycles. The number of benzene rings is 2. The van der Waals surface area contributed by atoms with Crippen LogP contribution in [0.4, 0.5) is 0 Å². The van der Waals surface area contributed by atoms with E-state index in [4.69, 9.17) is 9.47 Å². The van der Waals surface area contributed by atoms with E-state index in [1.54, 1.807) is 12.1 Å². The van der Waals surface area contributed by atoms with Crippen LogP contribution in [0, 0.1) is 5.92 Å². The van der Waals surface area contributed by atoms with E-state index in [2.05, 4.69) is 11.0 Å². The topological polar surface area (TPSA) is 79.3 Å². The average Bonchev–Trinajstić information content (AvgIpc) is 3.12. The van der Waals surface area contributed by atoms with Gasteiger partial charge >= 0.3 is 5.97 Å². The Hall–Kier alpha value is -3.32. The third-order valence-electron chi connectivity index (χ3n) is 7.13. The number of amides is 1. The van der Waals surface area contributed by atoms with E-state index in [-0.39, 0.29) is 24.0 Å². The highest BCUT2D eigenvalue weighted by Crippen LogP contribution is 2.45. The molecule has 180 valence electrons. The molecule has 0 aliphatic carbocycles. The van der Waals surface area contributed by atoms with E-state index in [0.717, 1.165) is 43.6 Å². The predicted octanol–water partition coefficient (Wildman–Crippen LogP) is 3.47. The Kier molecular flexibility index (Phi) is 7.22. The third-order valence-corrected chi connectivity index (χ3v) is 7.13. The van der Waals surface area contributed by atoms with Gasteiger partial charge in [0.1, 0.15) is 0 Å². The van der Waals surface area contributed by atoms with Gasteiger partial charge in [-0.1, -0.05) is 48.6 Å². The second-order valence-corrected chi connectivity index (χ2v) is 8.98. The molecule has 2 heterocycles. The zero-order chi connectivity index (χ0) is 24.1. The minimum absolute atomic E-state index is 0.0221. The summed E-state index contributed by atoms with van der Waals surface area (Å²) in [5, 5.41) is 9.76. The number of phenolic OH excluding ortho intramolecular Hbond substituents is 1. The summed E-state index contributed by atoms with van der Waals surface area (Å²) in [4.78, 5) is 30.0. The van der Waals surface area contributed by atoms with Crippen molar-refractivity contribution in [1.82, 2.24) is 9.80 Å². The molecule has 0 bridgehead atoms. The first-order valence-electron chi connectivity index (χ1n) is 11.6. The van der Waals surface area contributed by atoms with Gasteiger partial charge in [0.2, 0.25) is 5.91 Å². The molecule has 1 amide bonds. The first-order chi connectivity index (χ1) is 16.5. The van der Waals surface area contributed by atoms with Crippen molar-refractivity contribution in [3.8, 4) is 11.5 Å². The standard InChI is InChI=1S/C27H32N2O5/c1-33-24-17-20(10-11-23(24)30)9-6-14-28-15-12-27(13-16-28)22(26(32)34-2)18-25(31)29(27)19-21-7-4-3-5-8-21/h3-11,17,22,30H,12-16,18-19H2,1-2H3/b9-6+. The molecule has 1 spiro atoms. The van der Waals surface area contributed by atoms with E-state index in [9.17, 15) is 14.7 Å². The number of esters is 1. The largest absolute Gasteiger partial charge is 0.504 e. The molecule has 2 aromatic carbocycles. The van der Waals surface area contributed by atoms with Gasteiger partial charge < -0.3 is 19.5 Å². The zero-order valence-corrected chi connectivity index (χ0v) is 19.8. The molecule has 2 aliphatic heterocycles. The van der Waals surface area contributed by atoms with Crippen LogP contribution in [0.2, 0.25) is 0 Å². The van der Waals surface area contributed by atoms with Crippen molar-refractivity contribution < 1.29 is 24.2 Å². The lowest BCUT2D eigenvalue weighted by atomic mass is 9.76. The Labute approximate surface area is 200 Å². The zero-order valence-electron chi connectivity index (χ0n) is 19.8. The highest BCUT2D eigenvalue weighted by atomic mass is 16.5. The molecule has 4 rings (SSSR count). The van der Waals surface area contributed by atoms with Crippen molar-refractivity contribution in [2.24, 2.45) is 5.92 Å². The number of carbonyl (C=O) groups is 2. The molecule has 34 heavy (non-hydrogen) atoms. The first kappa shape index (κ1) is 23.8. The molecule has 2 fully saturated rings. The SMILES string of the molecule is COC(=O)C1CC(=O)N(Cc2ccccc2)C12CCN(C/C=C/c1ccc(O)c(OC)c1)CC2. The van der Waals surface area contributed by atoms with Gasteiger partial charge in [0.05, 0.1) is 25.7 Å². The van der Waals surface area contributed by atoms with Crippen molar-refractivity contribution in [2.45, 2.75) is 31.3 Å². The summed E-state index contributed by atoms with van der Waals surface area (Å²) in [6.07, 6.45) is 5.76. The number of piperidine rings is 1. The number of ether oxygens (including phenoxy) is 2. The number of rotatable bonds is 7. The smallest absolute Gasteiger partial charge is 0.311 e. The number of methoxy groups -OCH3 is 2. The molecule has 2 aliphatic rings. The van der Waals surface area contributed by atoms with Gasteiger partial charge in [-0.2, -0.15) is 0 Å². The molecule has 2 saturated heterocycles. The maximum absolute atomic E-state index is 13.0. The number of aromatic hydroxyl groups is 1. The van der Waals surface area contributed by atoms with E-state index >= 15 is 0 Å². The van der Waals surface area contributed by atoms with Gasteiger partial charge in [-0.25, -0.2) is 0 Å². The Bertz CT molecular complexity index is 1040. The molecule has 1 N–H and O–H groups in total. The molecule has 2 aromatic rings. The number of hydrogen-bond donors (Lipinski definition) is 1. The maximum Gasteiger partial charge on any atom is 0.311 e. The van der Waals surface area contributed by atoms with Gasteiger partial charge in [0, 0.05) is 32.6 Å². The summed E-state index contributed by atoms with van der Waals surface area (Å²) in [6, 6.07) is 15.2. The van der Waals surface area contributed by atoms with Gasteiger partial charge in [-0.15, -0.1) is 0 Å². The third kappa shape index (κ3) is 4.80. The van der Waals surface area contributed by atoms with Crippen molar-refractivity contribution >= 4 is 18.0 Å². The number of hydrogen-bond acceptors (Lipinski definition) is 6. The van der Waals surface area contributed by atoms with Crippen molar-refractivity contribution in [2.75, 3.05) is 33.9 Å². The van der Waals surface area contributed by atoms with E-state index in [1.807, 2.05) is 47.4 Å². The lowest BCUT2D eigenvalue weighted by molar-refractivity contribution is -0.150. The fourth-order valence-corrected chi connectivity index (χ4v) is 5.24. The Balaban J connectivity index is 1.45. The summed E-state index contributed by atoms with van der Waals surface area (Å²) >= 11 is 0. The first-order valence-corrected chi connectivity index (χ1v) is 11.6. The summed E-state index contributed by atoms with van der Waals surface area (Å²) in [6.45, 7) is 2.84. The number of likely N-dealkylation sites (tertiary alicyclic amines) is 2. The van der Waals surface area contributed by atoms with Crippen LogP contribution in [0.1, 0.15) is 30.4 Å². The summed E-state index contributed by atoms with van der Waals surface area (Å²) < 4.78 is 10.3. The normalized spacial score (nSPS) is 20.2. The summed E-state index contributed by atoms with van der Waals surface area (Å²) in [7, 11) is 2.93. The van der Waals surface area contributed by atoms with Crippen LogP contribution in [-0.2, 0) is 20.9 Å². The molecule has 1 unspecified atom stereocenters. The minimum Gasteiger partial charge on any atom is -0.504 e. The van der Waals surface area contributed by atoms with E-state index < -0.39 is 11.5 Å². The fourth-order valence-electron chi connectivity index (χ4n) is 5.24.